The number of ether oxygens (including phenoxy) is 1. The second kappa shape index (κ2) is 14.8. The molecule has 2 aromatic rings. The first-order chi connectivity index (χ1) is 16.8. The molecule has 1 amide bonds. The minimum atomic E-state index is -0.862. The third-order valence-corrected chi connectivity index (χ3v) is 5.87. The largest absolute Gasteiger partial charge is 0.493 e. The lowest BCUT2D eigenvalue weighted by molar-refractivity contribution is -0.138. The van der Waals surface area contributed by atoms with Gasteiger partial charge in [-0.05, 0) is 86.4 Å². The van der Waals surface area contributed by atoms with Crippen LogP contribution in [0.4, 0.5) is 5.69 Å². The van der Waals surface area contributed by atoms with Gasteiger partial charge in [-0.15, -0.1) is 0 Å². The molecule has 0 radical (unpaired) electrons. The van der Waals surface area contributed by atoms with Gasteiger partial charge in [-0.25, -0.2) is 0 Å². The Balaban J connectivity index is 1.87. The fourth-order valence-electron chi connectivity index (χ4n) is 4.21. The first-order valence-electron chi connectivity index (χ1n) is 12.3. The zero-order valence-electron chi connectivity index (χ0n) is 20.8. The predicted molar refractivity (Wildman–Crippen MR) is 136 cm³/mol. The number of carboxylic acids is 2. The number of carbonyl (C=O) groups is 3. The number of aryl methyl sites for hydroxylation is 3. The van der Waals surface area contributed by atoms with Crippen LogP contribution < -0.4 is 9.64 Å². The Hall–Kier alpha value is -3.35. The maximum atomic E-state index is 11.6. The number of aliphatic carboxylic acids is 2. The minimum Gasteiger partial charge on any atom is -0.493 e. The van der Waals surface area contributed by atoms with Crippen molar-refractivity contribution < 1.29 is 29.3 Å². The molecule has 0 spiro atoms. The molecular weight excluding hydrogens is 446 g/mol. The highest BCUT2D eigenvalue weighted by Gasteiger charge is 2.12. The Morgan fingerprint density at radius 1 is 0.886 bits per heavy atom. The summed E-state index contributed by atoms with van der Waals surface area (Å²) in [6, 6.07) is 11.9. The fraction of sp³-hybridized carbons (Fsp3) is 0.464. The zero-order chi connectivity index (χ0) is 25.6. The van der Waals surface area contributed by atoms with Gasteiger partial charge in [0.1, 0.15) is 5.75 Å². The predicted octanol–water partition coefficient (Wildman–Crippen LogP) is 5.33. The van der Waals surface area contributed by atoms with Gasteiger partial charge in [-0.3, -0.25) is 14.4 Å². The third-order valence-electron chi connectivity index (χ3n) is 5.87. The van der Waals surface area contributed by atoms with Crippen molar-refractivity contribution in [2.24, 2.45) is 0 Å². The van der Waals surface area contributed by atoms with E-state index in [-0.39, 0.29) is 19.4 Å². The van der Waals surface area contributed by atoms with E-state index in [9.17, 15) is 14.4 Å². The highest BCUT2D eigenvalue weighted by molar-refractivity contribution is 5.75. The van der Waals surface area contributed by atoms with Gasteiger partial charge in [0, 0.05) is 25.1 Å². The molecule has 7 heteroatoms. The molecule has 7 nitrogen and oxygen atoms in total. The Morgan fingerprint density at radius 3 is 2.23 bits per heavy atom. The van der Waals surface area contributed by atoms with Crippen molar-refractivity contribution in [2.45, 2.75) is 71.6 Å². The van der Waals surface area contributed by atoms with Crippen molar-refractivity contribution in [1.82, 2.24) is 0 Å². The summed E-state index contributed by atoms with van der Waals surface area (Å²) < 4.78 is 5.81. The molecule has 2 rings (SSSR count). The van der Waals surface area contributed by atoms with Gasteiger partial charge in [0.25, 0.3) is 0 Å². The zero-order valence-corrected chi connectivity index (χ0v) is 20.8. The molecule has 0 atom stereocenters. The molecule has 190 valence electrons. The van der Waals surface area contributed by atoms with Crippen molar-refractivity contribution >= 4 is 24.0 Å². The highest BCUT2D eigenvalue weighted by atomic mass is 16.5. The summed E-state index contributed by atoms with van der Waals surface area (Å²) in [6.07, 6.45) is 6.39. The third kappa shape index (κ3) is 10.2. The second-order valence-corrected chi connectivity index (χ2v) is 8.94. The topological polar surface area (TPSA) is 104 Å². The lowest BCUT2D eigenvalue weighted by Crippen LogP contribution is -2.22. The Kier molecular flexibility index (Phi) is 11.8. The molecule has 0 aliphatic heterocycles. The van der Waals surface area contributed by atoms with Crippen LogP contribution in [0.5, 0.6) is 5.75 Å². The smallest absolute Gasteiger partial charge is 0.303 e. The number of carbonyl (C=O) groups excluding carboxylic acids is 1. The molecule has 0 bridgehead atoms. The molecule has 2 N–H and O–H groups in total. The van der Waals surface area contributed by atoms with E-state index in [1.54, 1.807) is 4.90 Å². The molecule has 0 aliphatic rings. The summed E-state index contributed by atoms with van der Waals surface area (Å²) in [5.74, 6) is -1.08. The van der Waals surface area contributed by atoms with Gasteiger partial charge in [-0.2, -0.15) is 0 Å². The van der Waals surface area contributed by atoms with E-state index in [1.165, 1.54) is 0 Å². The van der Waals surface area contributed by atoms with E-state index in [1.807, 2.05) is 44.2 Å². The average Bonchev–Trinajstić information content (AvgIpc) is 2.79. The van der Waals surface area contributed by atoms with Crippen molar-refractivity contribution in [3.05, 3.63) is 58.7 Å². The normalized spacial score (nSPS) is 10.7. The van der Waals surface area contributed by atoms with Crippen LogP contribution in [0.25, 0.3) is 0 Å². The molecule has 0 fully saturated rings. The minimum absolute atomic E-state index is 0.0163. The summed E-state index contributed by atoms with van der Waals surface area (Å²) in [6.45, 7) is 5.01. The molecule has 0 heterocycles. The van der Waals surface area contributed by atoms with Gasteiger partial charge in [0.15, 0.2) is 0 Å². The highest BCUT2D eigenvalue weighted by Crippen LogP contribution is 2.26. The molecule has 0 saturated carbocycles. The monoisotopic (exact) mass is 483 g/mol. The molecule has 0 saturated heterocycles. The molecule has 0 aromatic heterocycles. The lowest BCUT2D eigenvalue weighted by Gasteiger charge is -2.19. The van der Waals surface area contributed by atoms with Crippen LogP contribution in [0.3, 0.4) is 0 Å². The van der Waals surface area contributed by atoms with Gasteiger partial charge in [-0.1, -0.05) is 31.0 Å². The number of amides is 1. The lowest BCUT2D eigenvalue weighted by atomic mass is 9.96. The van der Waals surface area contributed by atoms with Crippen molar-refractivity contribution in [3.63, 3.8) is 0 Å². The second-order valence-electron chi connectivity index (χ2n) is 8.94. The van der Waals surface area contributed by atoms with E-state index in [0.29, 0.717) is 25.1 Å². The maximum Gasteiger partial charge on any atom is 0.303 e. The average molecular weight is 484 g/mol. The first-order valence-corrected chi connectivity index (χ1v) is 12.3. The van der Waals surface area contributed by atoms with Crippen LogP contribution >= 0.6 is 0 Å². The molecule has 2 aromatic carbocycles. The van der Waals surface area contributed by atoms with E-state index >= 15 is 0 Å². The molecule has 0 aliphatic carbocycles. The van der Waals surface area contributed by atoms with E-state index in [0.717, 1.165) is 66.5 Å². The number of carboxylic acid groups (broad SMARTS) is 2. The van der Waals surface area contributed by atoms with Crippen LogP contribution in [-0.2, 0) is 27.2 Å². The number of nitrogens with zero attached hydrogens (tertiary/aromatic N) is 1. The van der Waals surface area contributed by atoms with E-state index in [4.69, 9.17) is 14.9 Å². The fourth-order valence-corrected chi connectivity index (χ4v) is 4.21. The maximum absolute atomic E-state index is 11.6. The van der Waals surface area contributed by atoms with Gasteiger partial charge in [0.2, 0.25) is 6.41 Å². The van der Waals surface area contributed by atoms with Gasteiger partial charge < -0.3 is 19.8 Å². The van der Waals surface area contributed by atoms with Crippen LogP contribution in [0, 0.1) is 13.8 Å². The Bertz CT molecular complexity index is 967. The van der Waals surface area contributed by atoms with Crippen LogP contribution in [0.2, 0.25) is 0 Å². The summed E-state index contributed by atoms with van der Waals surface area (Å²) in [5, 5.41) is 17.9. The number of rotatable bonds is 17. The van der Waals surface area contributed by atoms with E-state index in [2.05, 4.69) is 6.07 Å². The summed E-state index contributed by atoms with van der Waals surface area (Å²) in [5.41, 5.74) is 5.18. The number of unbranched alkanes of at least 4 members (excludes halogenated alkanes) is 3. The number of hydrogen-bond acceptors (Lipinski definition) is 4. The number of hydrogen-bond donors (Lipinski definition) is 2. The van der Waals surface area contributed by atoms with E-state index < -0.39 is 11.9 Å². The summed E-state index contributed by atoms with van der Waals surface area (Å²) in [4.78, 5) is 35.2. The first kappa shape index (κ1) is 27.9. The molecule has 35 heavy (non-hydrogen) atoms. The Morgan fingerprint density at radius 2 is 1.57 bits per heavy atom. The number of anilines is 1. The molecular formula is C28H37NO6. The van der Waals surface area contributed by atoms with Crippen LogP contribution in [0.15, 0.2) is 36.4 Å². The quantitative estimate of drug-likeness (QED) is 0.233. The van der Waals surface area contributed by atoms with Gasteiger partial charge >= 0.3 is 11.9 Å². The standard InChI is InChI=1S/C28H37NO6/c1-21-17-22(2)19-24(18-21)29(20-30)15-6-4-3-5-9-23-10-7-11-26(25(23)13-14-28(33)34)35-16-8-12-27(31)32/h7,10-11,17-20H,3-6,8-9,12-16H2,1-2H3,(H,31,32)(H,33,34). The van der Waals surface area contributed by atoms with Crippen LogP contribution in [-0.4, -0.2) is 41.7 Å². The Labute approximate surface area is 207 Å². The summed E-state index contributed by atoms with van der Waals surface area (Å²) in [7, 11) is 0. The summed E-state index contributed by atoms with van der Waals surface area (Å²) >= 11 is 0. The van der Waals surface area contributed by atoms with Crippen LogP contribution in [0.1, 0.15) is 67.2 Å². The van der Waals surface area contributed by atoms with Crippen molar-refractivity contribution in [2.75, 3.05) is 18.1 Å². The SMILES string of the molecule is Cc1cc(C)cc(N(C=O)CCCCCCc2cccc(OCCCC(=O)O)c2CCC(=O)O)c1. The number of benzene rings is 2. The van der Waals surface area contributed by atoms with Crippen molar-refractivity contribution in [1.29, 1.82) is 0 Å². The van der Waals surface area contributed by atoms with Gasteiger partial charge in [0.05, 0.1) is 6.61 Å². The van der Waals surface area contributed by atoms with Crippen molar-refractivity contribution in [3.8, 4) is 5.75 Å². The molecule has 0 unspecified atom stereocenters.